The van der Waals surface area contributed by atoms with Gasteiger partial charge in [-0.3, -0.25) is 4.90 Å². The number of thioether (sulfide) groups is 1. The van der Waals surface area contributed by atoms with Crippen LogP contribution < -0.4 is 4.90 Å². The molecule has 0 saturated carbocycles. The lowest BCUT2D eigenvalue weighted by atomic mass is 10.2. The van der Waals surface area contributed by atoms with Crippen molar-refractivity contribution in [2.45, 2.75) is 24.2 Å². The molecule has 1 fully saturated rings. The highest BCUT2D eigenvalue weighted by molar-refractivity contribution is 7.98. The summed E-state index contributed by atoms with van der Waals surface area (Å²) in [6.07, 6.45) is 5.43. The number of hydrogen-bond acceptors (Lipinski definition) is 4. The summed E-state index contributed by atoms with van der Waals surface area (Å²) < 4.78 is 0. The zero-order valence-corrected chi connectivity index (χ0v) is 13.2. The van der Waals surface area contributed by atoms with Crippen molar-refractivity contribution in [1.82, 2.24) is 4.90 Å². The van der Waals surface area contributed by atoms with E-state index in [1.165, 1.54) is 23.5 Å². The van der Waals surface area contributed by atoms with Gasteiger partial charge >= 0.3 is 0 Å². The Morgan fingerprint density at radius 3 is 2.60 bits per heavy atom. The number of rotatable bonds is 7. The molecule has 1 aliphatic heterocycles. The van der Waals surface area contributed by atoms with E-state index in [-0.39, 0.29) is 0 Å². The topological polar surface area (TPSA) is 26.7 Å². The van der Waals surface area contributed by atoms with Gasteiger partial charge < -0.3 is 10.0 Å². The quantitative estimate of drug-likeness (QED) is 0.618. The first-order chi connectivity index (χ1) is 9.83. The molecule has 1 aromatic rings. The van der Waals surface area contributed by atoms with Crippen LogP contribution in [0.3, 0.4) is 0 Å². The van der Waals surface area contributed by atoms with Crippen molar-refractivity contribution >= 4 is 17.4 Å². The first kappa shape index (κ1) is 15.7. The lowest BCUT2D eigenvalue weighted by Gasteiger charge is -2.36. The van der Waals surface area contributed by atoms with Gasteiger partial charge in [0.15, 0.2) is 0 Å². The molecule has 0 aromatic heterocycles. The molecule has 1 aromatic carbocycles. The Morgan fingerprint density at radius 2 is 1.90 bits per heavy atom. The van der Waals surface area contributed by atoms with Gasteiger partial charge in [-0.25, -0.2) is 0 Å². The van der Waals surface area contributed by atoms with Crippen molar-refractivity contribution in [3.8, 4) is 0 Å². The first-order valence-corrected chi connectivity index (χ1v) is 8.78. The minimum Gasteiger partial charge on any atom is -0.396 e. The van der Waals surface area contributed by atoms with Gasteiger partial charge in [-0.2, -0.15) is 0 Å². The molecule has 0 atom stereocenters. The smallest absolute Gasteiger partial charge is 0.0431 e. The minimum absolute atomic E-state index is 0.333. The van der Waals surface area contributed by atoms with Gasteiger partial charge in [0.25, 0.3) is 0 Å². The summed E-state index contributed by atoms with van der Waals surface area (Å²) in [5.41, 5.74) is 1.36. The second-order valence-corrected chi connectivity index (χ2v) is 6.19. The number of piperazine rings is 1. The molecule has 1 heterocycles. The maximum absolute atomic E-state index is 8.78. The molecule has 1 N–H and O–H groups in total. The molecule has 0 aliphatic carbocycles. The SMILES string of the molecule is CSc1cccc(N2CCN(CCCCCO)CC2)c1. The van der Waals surface area contributed by atoms with E-state index < -0.39 is 0 Å². The van der Waals surface area contributed by atoms with Crippen LogP contribution in [-0.4, -0.2) is 55.6 Å². The average molecular weight is 294 g/mol. The summed E-state index contributed by atoms with van der Waals surface area (Å²) in [6, 6.07) is 8.84. The highest BCUT2D eigenvalue weighted by atomic mass is 32.2. The van der Waals surface area contributed by atoms with Gasteiger partial charge in [0.2, 0.25) is 0 Å². The standard InChI is InChI=1S/C16H26N2OS/c1-20-16-7-5-6-15(14-16)18-11-9-17(10-12-18)8-3-2-4-13-19/h5-7,14,19H,2-4,8-13H2,1H3. The number of benzene rings is 1. The van der Waals surface area contributed by atoms with E-state index in [0.29, 0.717) is 6.61 Å². The molecule has 0 amide bonds. The molecule has 2 rings (SSSR count). The molecular formula is C16H26N2OS. The Balaban J connectivity index is 1.76. The fraction of sp³-hybridized carbons (Fsp3) is 0.625. The van der Waals surface area contributed by atoms with Crippen molar-refractivity contribution in [3.05, 3.63) is 24.3 Å². The fourth-order valence-electron chi connectivity index (χ4n) is 2.66. The maximum Gasteiger partial charge on any atom is 0.0431 e. The Morgan fingerprint density at radius 1 is 1.10 bits per heavy atom. The number of nitrogens with zero attached hydrogens (tertiary/aromatic N) is 2. The third-order valence-electron chi connectivity index (χ3n) is 3.92. The van der Waals surface area contributed by atoms with E-state index in [4.69, 9.17) is 5.11 Å². The van der Waals surface area contributed by atoms with E-state index >= 15 is 0 Å². The normalized spacial score (nSPS) is 16.6. The summed E-state index contributed by atoms with van der Waals surface area (Å²) in [4.78, 5) is 6.38. The minimum atomic E-state index is 0.333. The fourth-order valence-corrected chi connectivity index (χ4v) is 3.11. The van der Waals surface area contributed by atoms with Gasteiger partial charge in [-0.05, 0) is 50.3 Å². The van der Waals surface area contributed by atoms with Crippen LogP contribution in [0.1, 0.15) is 19.3 Å². The van der Waals surface area contributed by atoms with Gasteiger partial charge in [-0.1, -0.05) is 6.07 Å². The summed E-state index contributed by atoms with van der Waals surface area (Å²) in [5, 5.41) is 8.78. The summed E-state index contributed by atoms with van der Waals surface area (Å²) >= 11 is 1.81. The second-order valence-electron chi connectivity index (χ2n) is 5.31. The van der Waals surface area contributed by atoms with Crippen LogP contribution in [0.15, 0.2) is 29.2 Å². The number of aliphatic hydroxyl groups is 1. The van der Waals surface area contributed by atoms with Crippen molar-refractivity contribution in [2.75, 3.05) is 50.5 Å². The van der Waals surface area contributed by atoms with Crippen molar-refractivity contribution in [2.24, 2.45) is 0 Å². The highest BCUT2D eigenvalue weighted by Crippen LogP contribution is 2.23. The van der Waals surface area contributed by atoms with E-state index in [1.807, 2.05) is 0 Å². The Labute approximate surface area is 127 Å². The molecule has 0 spiro atoms. The average Bonchev–Trinajstić information content (AvgIpc) is 2.52. The number of aliphatic hydroxyl groups excluding tert-OH is 1. The van der Waals surface area contributed by atoms with Crippen LogP contribution in [0, 0.1) is 0 Å². The largest absolute Gasteiger partial charge is 0.396 e. The van der Waals surface area contributed by atoms with E-state index in [1.54, 1.807) is 11.8 Å². The molecule has 4 heteroatoms. The van der Waals surface area contributed by atoms with Crippen LogP contribution in [-0.2, 0) is 0 Å². The number of hydrogen-bond donors (Lipinski definition) is 1. The van der Waals surface area contributed by atoms with Gasteiger partial charge in [0.1, 0.15) is 0 Å². The monoisotopic (exact) mass is 294 g/mol. The summed E-state index contributed by atoms with van der Waals surface area (Å²) in [7, 11) is 0. The predicted molar refractivity (Wildman–Crippen MR) is 87.8 cm³/mol. The molecule has 112 valence electrons. The molecule has 1 aliphatic rings. The molecule has 20 heavy (non-hydrogen) atoms. The Kier molecular flexibility index (Phi) is 6.70. The molecule has 3 nitrogen and oxygen atoms in total. The zero-order valence-electron chi connectivity index (χ0n) is 12.4. The maximum atomic E-state index is 8.78. The molecule has 1 saturated heterocycles. The lowest BCUT2D eigenvalue weighted by Crippen LogP contribution is -2.46. The molecular weight excluding hydrogens is 268 g/mol. The van der Waals surface area contributed by atoms with Crippen molar-refractivity contribution in [3.63, 3.8) is 0 Å². The van der Waals surface area contributed by atoms with Crippen molar-refractivity contribution in [1.29, 1.82) is 0 Å². The number of unbranched alkanes of at least 4 members (excludes halogenated alkanes) is 2. The van der Waals surface area contributed by atoms with Crippen LogP contribution in [0.25, 0.3) is 0 Å². The van der Waals surface area contributed by atoms with E-state index in [0.717, 1.165) is 39.0 Å². The Bertz CT molecular complexity index is 392. The van der Waals surface area contributed by atoms with E-state index in [9.17, 15) is 0 Å². The second kappa shape index (κ2) is 8.55. The predicted octanol–water partition coefficient (Wildman–Crippen LogP) is 2.69. The molecule has 0 unspecified atom stereocenters. The van der Waals surface area contributed by atoms with Gasteiger partial charge in [0.05, 0.1) is 0 Å². The van der Waals surface area contributed by atoms with Crippen LogP contribution in [0.2, 0.25) is 0 Å². The summed E-state index contributed by atoms with van der Waals surface area (Å²) in [5.74, 6) is 0. The lowest BCUT2D eigenvalue weighted by molar-refractivity contribution is 0.242. The molecule has 0 bridgehead atoms. The third-order valence-corrected chi connectivity index (χ3v) is 4.65. The summed E-state index contributed by atoms with van der Waals surface area (Å²) in [6.45, 7) is 6.07. The zero-order chi connectivity index (χ0) is 14.2. The van der Waals surface area contributed by atoms with Crippen LogP contribution in [0.4, 0.5) is 5.69 Å². The van der Waals surface area contributed by atoms with Crippen molar-refractivity contribution < 1.29 is 5.11 Å². The molecule has 0 radical (unpaired) electrons. The first-order valence-electron chi connectivity index (χ1n) is 7.55. The highest BCUT2D eigenvalue weighted by Gasteiger charge is 2.16. The third kappa shape index (κ3) is 4.69. The van der Waals surface area contributed by atoms with E-state index in [2.05, 4.69) is 40.3 Å². The van der Waals surface area contributed by atoms with Gasteiger partial charge in [0, 0.05) is 43.4 Å². The number of anilines is 1. The van der Waals surface area contributed by atoms with Crippen LogP contribution >= 0.6 is 11.8 Å². The van der Waals surface area contributed by atoms with Gasteiger partial charge in [-0.15, -0.1) is 11.8 Å². The van der Waals surface area contributed by atoms with Crippen LogP contribution in [0.5, 0.6) is 0 Å². The Hall–Kier alpha value is -0.710.